The van der Waals surface area contributed by atoms with Crippen LogP contribution in [0.1, 0.15) is 41.0 Å². The van der Waals surface area contributed by atoms with Crippen molar-refractivity contribution in [2.45, 2.75) is 32.2 Å². The quantitative estimate of drug-likeness (QED) is 0.917. The van der Waals surface area contributed by atoms with Crippen molar-refractivity contribution >= 4 is 5.91 Å². The van der Waals surface area contributed by atoms with Gasteiger partial charge in [0, 0.05) is 12.2 Å². The first-order valence-electron chi connectivity index (χ1n) is 8.57. The molecule has 5 heteroatoms. The van der Waals surface area contributed by atoms with Gasteiger partial charge in [0.1, 0.15) is 12.0 Å². The Balaban J connectivity index is 1.55. The number of aromatic nitrogens is 2. The Morgan fingerprint density at radius 1 is 1.17 bits per heavy atom. The molecule has 0 saturated carbocycles. The summed E-state index contributed by atoms with van der Waals surface area (Å²) in [4.78, 5) is 22.0. The first-order chi connectivity index (χ1) is 11.7. The molecular weight excluding hydrogens is 300 g/mol. The Bertz CT molecular complexity index is 674. The van der Waals surface area contributed by atoms with Crippen LogP contribution in [-0.4, -0.2) is 33.9 Å². The van der Waals surface area contributed by atoms with E-state index >= 15 is 0 Å². The average Bonchev–Trinajstić information content (AvgIpc) is 2.81. The standard InChI is InChI=1S/C19H24N4O/c20-19(24)18-12-17(21-14-22-18)11-15-7-4-9-23(10-8-15)13-16-5-2-1-3-6-16/h1-3,5-6,12,14-15H,4,7-11,13H2,(H2,20,24)/t15-/m1/s1. The van der Waals surface area contributed by atoms with Crippen LogP contribution in [0.2, 0.25) is 0 Å². The lowest BCUT2D eigenvalue weighted by Gasteiger charge is -2.20. The summed E-state index contributed by atoms with van der Waals surface area (Å²) >= 11 is 0. The summed E-state index contributed by atoms with van der Waals surface area (Å²) in [6.07, 6.45) is 5.88. The van der Waals surface area contributed by atoms with Crippen molar-refractivity contribution in [3.05, 3.63) is 59.7 Å². The number of hydrogen-bond donors (Lipinski definition) is 1. The maximum absolute atomic E-state index is 11.2. The van der Waals surface area contributed by atoms with Crippen LogP contribution in [0.4, 0.5) is 0 Å². The van der Waals surface area contributed by atoms with E-state index in [-0.39, 0.29) is 0 Å². The van der Waals surface area contributed by atoms with Crippen molar-refractivity contribution in [3.8, 4) is 0 Å². The molecule has 1 saturated heterocycles. The summed E-state index contributed by atoms with van der Waals surface area (Å²) in [5.41, 5.74) is 7.89. The number of carbonyl (C=O) groups excluding carboxylic acids is 1. The molecule has 1 aliphatic heterocycles. The van der Waals surface area contributed by atoms with Gasteiger partial charge < -0.3 is 5.73 Å². The molecule has 0 bridgehead atoms. The number of benzene rings is 1. The lowest BCUT2D eigenvalue weighted by molar-refractivity contribution is 0.0995. The minimum absolute atomic E-state index is 0.305. The highest BCUT2D eigenvalue weighted by atomic mass is 16.1. The number of nitrogens with two attached hydrogens (primary N) is 1. The summed E-state index contributed by atoms with van der Waals surface area (Å²) in [6, 6.07) is 12.4. The van der Waals surface area contributed by atoms with Crippen LogP contribution in [0.5, 0.6) is 0 Å². The Labute approximate surface area is 142 Å². The predicted octanol–water partition coefficient (Wildman–Crippen LogP) is 2.42. The topological polar surface area (TPSA) is 72.1 Å². The van der Waals surface area contributed by atoms with Gasteiger partial charge in [-0.3, -0.25) is 9.69 Å². The molecule has 1 atom stereocenters. The second-order valence-electron chi connectivity index (χ2n) is 6.52. The van der Waals surface area contributed by atoms with Gasteiger partial charge in [0.05, 0.1) is 0 Å². The van der Waals surface area contributed by atoms with Gasteiger partial charge in [0.2, 0.25) is 0 Å². The van der Waals surface area contributed by atoms with Crippen LogP contribution in [0, 0.1) is 5.92 Å². The number of nitrogens with zero attached hydrogens (tertiary/aromatic N) is 3. The van der Waals surface area contributed by atoms with Crippen LogP contribution >= 0.6 is 0 Å². The number of carbonyl (C=O) groups is 1. The largest absolute Gasteiger partial charge is 0.364 e. The van der Waals surface area contributed by atoms with Gasteiger partial charge in [0.25, 0.3) is 5.91 Å². The predicted molar refractivity (Wildman–Crippen MR) is 93.3 cm³/mol. The molecule has 0 aliphatic carbocycles. The Morgan fingerprint density at radius 2 is 2.00 bits per heavy atom. The lowest BCUT2D eigenvalue weighted by atomic mass is 9.95. The van der Waals surface area contributed by atoms with Gasteiger partial charge in [-0.05, 0) is 56.3 Å². The summed E-state index contributed by atoms with van der Waals surface area (Å²) < 4.78 is 0. The molecule has 24 heavy (non-hydrogen) atoms. The van der Waals surface area contributed by atoms with Crippen LogP contribution in [-0.2, 0) is 13.0 Å². The van der Waals surface area contributed by atoms with Gasteiger partial charge in [0.15, 0.2) is 0 Å². The second-order valence-corrected chi connectivity index (χ2v) is 6.52. The van der Waals surface area contributed by atoms with Gasteiger partial charge in [-0.15, -0.1) is 0 Å². The number of hydrogen-bond acceptors (Lipinski definition) is 4. The lowest BCUT2D eigenvalue weighted by Crippen LogP contribution is -2.24. The third-order valence-corrected chi connectivity index (χ3v) is 4.66. The smallest absolute Gasteiger partial charge is 0.267 e. The van der Waals surface area contributed by atoms with E-state index in [1.165, 1.54) is 24.7 Å². The highest BCUT2D eigenvalue weighted by Gasteiger charge is 2.18. The zero-order valence-corrected chi connectivity index (χ0v) is 13.9. The average molecular weight is 324 g/mol. The highest BCUT2D eigenvalue weighted by molar-refractivity contribution is 5.90. The van der Waals surface area contributed by atoms with Gasteiger partial charge in [-0.25, -0.2) is 9.97 Å². The molecule has 1 amide bonds. The molecule has 1 aromatic heterocycles. The van der Waals surface area contributed by atoms with E-state index in [1.807, 2.05) is 0 Å². The molecule has 2 heterocycles. The van der Waals surface area contributed by atoms with Gasteiger partial charge in [-0.1, -0.05) is 30.3 Å². The third-order valence-electron chi connectivity index (χ3n) is 4.66. The summed E-state index contributed by atoms with van der Waals surface area (Å²) in [7, 11) is 0. The molecule has 126 valence electrons. The molecule has 0 unspecified atom stereocenters. The van der Waals surface area contributed by atoms with E-state index in [1.54, 1.807) is 6.07 Å². The highest BCUT2D eigenvalue weighted by Crippen LogP contribution is 2.22. The maximum atomic E-state index is 11.2. The molecule has 1 fully saturated rings. The van der Waals surface area contributed by atoms with Crippen LogP contribution in [0.25, 0.3) is 0 Å². The van der Waals surface area contributed by atoms with Crippen LogP contribution in [0.15, 0.2) is 42.7 Å². The van der Waals surface area contributed by atoms with E-state index in [4.69, 9.17) is 5.73 Å². The first-order valence-corrected chi connectivity index (χ1v) is 8.57. The fourth-order valence-corrected chi connectivity index (χ4v) is 3.37. The molecule has 5 nitrogen and oxygen atoms in total. The Kier molecular flexibility index (Phi) is 5.54. The summed E-state index contributed by atoms with van der Waals surface area (Å²) in [6.45, 7) is 3.27. The zero-order valence-electron chi connectivity index (χ0n) is 13.9. The normalized spacial score (nSPS) is 18.9. The van der Waals surface area contributed by atoms with Crippen molar-refractivity contribution in [1.82, 2.24) is 14.9 Å². The zero-order chi connectivity index (χ0) is 16.8. The van der Waals surface area contributed by atoms with Crippen molar-refractivity contribution in [3.63, 3.8) is 0 Å². The number of likely N-dealkylation sites (tertiary alicyclic amines) is 1. The SMILES string of the molecule is NC(=O)c1cc(C[C@@H]2CCCN(Cc3ccccc3)CC2)ncn1. The van der Waals surface area contributed by atoms with Crippen LogP contribution in [0.3, 0.4) is 0 Å². The molecule has 1 aromatic carbocycles. The molecule has 3 rings (SSSR count). The molecule has 1 aliphatic rings. The maximum Gasteiger partial charge on any atom is 0.267 e. The van der Waals surface area contributed by atoms with Crippen molar-refractivity contribution in [2.24, 2.45) is 11.7 Å². The van der Waals surface area contributed by atoms with E-state index in [9.17, 15) is 4.79 Å². The number of primary amides is 1. The second kappa shape index (κ2) is 8.02. The number of rotatable bonds is 5. The third kappa shape index (κ3) is 4.61. The monoisotopic (exact) mass is 324 g/mol. The molecular formula is C19H24N4O. The van der Waals surface area contributed by atoms with E-state index in [2.05, 4.69) is 45.2 Å². The number of amides is 1. The Morgan fingerprint density at radius 3 is 2.79 bits per heavy atom. The minimum Gasteiger partial charge on any atom is -0.364 e. The first kappa shape index (κ1) is 16.6. The van der Waals surface area contributed by atoms with Crippen LogP contribution < -0.4 is 5.73 Å². The molecule has 2 N–H and O–H groups in total. The fourth-order valence-electron chi connectivity index (χ4n) is 3.37. The van der Waals surface area contributed by atoms with Crippen molar-refractivity contribution in [1.29, 1.82) is 0 Å². The van der Waals surface area contributed by atoms with E-state index in [0.29, 0.717) is 11.6 Å². The molecule has 0 spiro atoms. The summed E-state index contributed by atoms with van der Waals surface area (Å²) in [5, 5.41) is 0. The fraction of sp³-hybridized carbons (Fsp3) is 0.421. The molecule has 2 aromatic rings. The van der Waals surface area contributed by atoms with E-state index in [0.717, 1.165) is 38.2 Å². The minimum atomic E-state index is -0.492. The summed E-state index contributed by atoms with van der Waals surface area (Å²) in [5.74, 6) is 0.106. The van der Waals surface area contributed by atoms with Gasteiger partial charge in [-0.2, -0.15) is 0 Å². The van der Waals surface area contributed by atoms with Crippen molar-refractivity contribution in [2.75, 3.05) is 13.1 Å². The van der Waals surface area contributed by atoms with Gasteiger partial charge >= 0.3 is 0 Å². The van der Waals surface area contributed by atoms with E-state index < -0.39 is 5.91 Å². The molecule has 0 radical (unpaired) electrons. The Hall–Kier alpha value is -2.27. The van der Waals surface area contributed by atoms with Crippen molar-refractivity contribution < 1.29 is 4.79 Å².